The van der Waals surface area contributed by atoms with E-state index in [1.54, 1.807) is 30.7 Å². The van der Waals surface area contributed by atoms with Crippen molar-refractivity contribution >= 4 is 39.8 Å². The second-order valence-corrected chi connectivity index (χ2v) is 8.20. The zero-order valence-corrected chi connectivity index (χ0v) is 18.6. The molecular formula is C22H17BrN6OS. The van der Waals surface area contributed by atoms with Gasteiger partial charge in [-0.15, -0.1) is 10.2 Å². The van der Waals surface area contributed by atoms with Crippen LogP contribution in [0.15, 0.2) is 93.9 Å². The van der Waals surface area contributed by atoms with Crippen LogP contribution in [0.3, 0.4) is 0 Å². The van der Waals surface area contributed by atoms with Gasteiger partial charge < -0.3 is 0 Å². The number of carbonyl (C=O) groups excluding carboxylic acids is 1. The van der Waals surface area contributed by atoms with Crippen LogP contribution in [0.2, 0.25) is 0 Å². The van der Waals surface area contributed by atoms with Crippen molar-refractivity contribution in [1.29, 1.82) is 0 Å². The summed E-state index contributed by atoms with van der Waals surface area (Å²) in [6, 6.07) is 21.3. The summed E-state index contributed by atoms with van der Waals surface area (Å²) in [4.78, 5) is 16.2. The van der Waals surface area contributed by atoms with Crippen molar-refractivity contribution in [1.82, 2.24) is 25.2 Å². The van der Waals surface area contributed by atoms with Crippen molar-refractivity contribution in [3.63, 3.8) is 0 Å². The molecule has 0 fully saturated rings. The fourth-order valence-corrected chi connectivity index (χ4v) is 3.76. The number of aromatic nitrogens is 4. The molecule has 4 aromatic rings. The van der Waals surface area contributed by atoms with Gasteiger partial charge >= 0.3 is 0 Å². The van der Waals surface area contributed by atoms with Gasteiger partial charge in [-0.05, 0) is 42.0 Å². The molecule has 2 aromatic heterocycles. The van der Waals surface area contributed by atoms with Crippen molar-refractivity contribution in [2.45, 2.75) is 5.16 Å². The van der Waals surface area contributed by atoms with Crippen LogP contribution >= 0.6 is 27.7 Å². The number of amides is 1. The Labute approximate surface area is 191 Å². The summed E-state index contributed by atoms with van der Waals surface area (Å²) in [6.07, 6.45) is 4.90. The Morgan fingerprint density at radius 2 is 1.77 bits per heavy atom. The summed E-state index contributed by atoms with van der Waals surface area (Å²) >= 11 is 4.76. The van der Waals surface area contributed by atoms with Crippen molar-refractivity contribution < 1.29 is 4.79 Å². The number of rotatable bonds is 7. The number of thioether (sulfide) groups is 1. The van der Waals surface area contributed by atoms with Crippen LogP contribution in [0.25, 0.3) is 17.1 Å². The maximum atomic E-state index is 12.3. The Morgan fingerprint density at radius 1 is 1.03 bits per heavy atom. The van der Waals surface area contributed by atoms with Crippen LogP contribution in [0.4, 0.5) is 0 Å². The highest BCUT2D eigenvalue weighted by atomic mass is 79.9. The van der Waals surface area contributed by atoms with Crippen LogP contribution < -0.4 is 5.43 Å². The second-order valence-electron chi connectivity index (χ2n) is 6.35. The maximum absolute atomic E-state index is 12.3. The van der Waals surface area contributed by atoms with E-state index in [1.807, 2.05) is 59.2 Å². The number of halogens is 1. The molecule has 0 spiro atoms. The van der Waals surface area contributed by atoms with Gasteiger partial charge in [0.2, 0.25) is 0 Å². The minimum atomic E-state index is -0.234. The van der Waals surface area contributed by atoms with Gasteiger partial charge in [0, 0.05) is 28.1 Å². The van der Waals surface area contributed by atoms with Crippen molar-refractivity contribution in [3.05, 3.63) is 89.2 Å². The first-order valence-electron chi connectivity index (χ1n) is 9.32. The van der Waals surface area contributed by atoms with Crippen molar-refractivity contribution in [3.8, 4) is 17.1 Å². The van der Waals surface area contributed by atoms with E-state index in [2.05, 4.69) is 41.6 Å². The average molecular weight is 493 g/mol. The average Bonchev–Trinajstić information content (AvgIpc) is 3.23. The minimum absolute atomic E-state index is 0.150. The van der Waals surface area contributed by atoms with Gasteiger partial charge in [0.15, 0.2) is 11.0 Å². The van der Waals surface area contributed by atoms with E-state index in [0.29, 0.717) is 11.0 Å². The first-order valence-corrected chi connectivity index (χ1v) is 11.1. The Morgan fingerprint density at radius 3 is 2.52 bits per heavy atom. The molecule has 0 aliphatic carbocycles. The first kappa shape index (κ1) is 21.0. The normalized spacial score (nSPS) is 11.0. The van der Waals surface area contributed by atoms with E-state index < -0.39 is 0 Å². The third-order valence-electron chi connectivity index (χ3n) is 4.19. The number of hydrogen-bond acceptors (Lipinski definition) is 6. The molecule has 0 aliphatic rings. The standard InChI is InChI=1S/C22H17BrN6OS/c23-18-6-8-19(9-7-18)29-21(17-4-2-1-3-5-17)27-28-22(29)31-15-20(30)26-25-14-16-10-12-24-13-11-16/h1-14H,15H2,(H,26,30)/b25-14+. The Bertz CT molecular complexity index is 1180. The van der Waals surface area contributed by atoms with Crippen LogP contribution in [-0.4, -0.2) is 37.6 Å². The largest absolute Gasteiger partial charge is 0.272 e. The maximum Gasteiger partial charge on any atom is 0.250 e. The summed E-state index contributed by atoms with van der Waals surface area (Å²) in [6.45, 7) is 0. The number of pyridine rings is 1. The molecule has 2 heterocycles. The topological polar surface area (TPSA) is 85.1 Å². The zero-order valence-electron chi connectivity index (χ0n) is 16.2. The smallest absolute Gasteiger partial charge is 0.250 e. The third kappa shape index (κ3) is 5.44. The molecule has 0 bridgehead atoms. The van der Waals surface area contributed by atoms with E-state index >= 15 is 0 Å². The Balaban J connectivity index is 1.51. The molecule has 9 heteroatoms. The summed E-state index contributed by atoms with van der Waals surface area (Å²) in [5, 5.41) is 13.3. The zero-order chi connectivity index (χ0) is 21.5. The predicted octanol–water partition coefficient (Wildman–Crippen LogP) is 4.33. The lowest BCUT2D eigenvalue weighted by molar-refractivity contribution is -0.118. The first-order chi connectivity index (χ1) is 15.2. The highest BCUT2D eigenvalue weighted by Crippen LogP contribution is 2.28. The molecule has 0 atom stereocenters. The van der Waals surface area contributed by atoms with Crippen LogP contribution in [-0.2, 0) is 4.79 Å². The van der Waals surface area contributed by atoms with E-state index in [1.165, 1.54) is 11.8 Å². The van der Waals surface area contributed by atoms with E-state index in [-0.39, 0.29) is 11.7 Å². The molecule has 0 unspecified atom stereocenters. The molecule has 1 amide bonds. The monoisotopic (exact) mass is 492 g/mol. The minimum Gasteiger partial charge on any atom is -0.272 e. The molecule has 1 N–H and O–H groups in total. The van der Waals surface area contributed by atoms with Crippen molar-refractivity contribution in [2.24, 2.45) is 5.10 Å². The van der Waals surface area contributed by atoms with E-state index in [4.69, 9.17) is 0 Å². The molecule has 7 nitrogen and oxygen atoms in total. The molecule has 0 saturated carbocycles. The molecule has 2 aromatic carbocycles. The summed E-state index contributed by atoms with van der Waals surface area (Å²) < 4.78 is 2.92. The lowest BCUT2D eigenvalue weighted by atomic mass is 10.2. The van der Waals surface area contributed by atoms with Gasteiger partial charge in [0.05, 0.1) is 12.0 Å². The fraction of sp³-hybridized carbons (Fsp3) is 0.0455. The molecule has 154 valence electrons. The lowest BCUT2D eigenvalue weighted by Crippen LogP contribution is -2.20. The van der Waals surface area contributed by atoms with Crippen molar-refractivity contribution in [2.75, 3.05) is 5.75 Å². The molecular weight excluding hydrogens is 476 g/mol. The number of nitrogens with one attached hydrogen (secondary N) is 1. The Hall–Kier alpha value is -3.30. The molecule has 31 heavy (non-hydrogen) atoms. The summed E-state index contributed by atoms with van der Waals surface area (Å²) in [5.74, 6) is 0.625. The Kier molecular flexibility index (Phi) is 6.85. The van der Waals surface area contributed by atoms with Crippen LogP contribution in [0, 0.1) is 0 Å². The third-order valence-corrected chi connectivity index (χ3v) is 5.65. The highest BCUT2D eigenvalue weighted by molar-refractivity contribution is 9.10. The van der Waals surface area contributed by atoms with E-state index in [0.717, 1.165) is 21.3 Å². The van der Waals surface area contributed by atoms with Gasteiger partial charge in [-0.3, -0.25) is 14.3 Å². The lowest BCUT2D eigenvalue weighted by Gasteiger charge is -2.10. The second kappa shape index (κ2) is 10.1. The van der Waals surface area contributed by atoms with Gasteiger partial charge in [-0.1, -0.05) is 58.0 Å². The number of carbonyl (C=O) groups is 1. The van der Waals surface area contributed by atoms with Gasteiger partial charge in [0.25, 0.3) is 5.91 Å². The van der Waals surface area contributed by atoms with Crippen LogP contribution in [0.5, 0.6) is 0 Å². The van der Waals surface area contributed by atoms with Gasteiger partial charge in [-0.25, -0.2) is 5.43 Å². The fourth-order valence-electron chi connectivity index (χ4n) is 2.75. The van der Waals surface area contributed by atoms with Crippen LogP contribution in [0.1, 0.15) is 5.56 Å². The molecule has 4 rings (SSSR count). The predicted molar refractivity (Wildman–Crippen MR) is 125 cm³/mol. The number of nitrogens with zero attached hydrogens (tertiary/aromatic N) is 5. The summed E-state index contributed by atoms with van der Waals surface area (Å²) in [7, 11) is 0. The highest BCUT2D eigenvalue weighted by Gasteiger charge is 2.17. The SMILES string of the molecule is O=C(CSc1nnc(-c2ccccc2)n1-c1ccc(Br)cc1)N/N=C/c1ccncc1. The summed E-state index contributed by atoms with van der Waals surface area (Å²) in [5.41, 5.74) is 5.23. The number of benzene rings is 2. The number of hydrogen-bond donors (Lipinski definition) is 1. The quantitative estimate of drug-likeness (QED) is 0.235. The molecule has 0 aliphatic heterocycles. The van der Waals surface area contributed by atoms with Gasteiger partial charge in [-0.2, -0.15) is 5.10 Å². The number of hydrazone groups is 1. The molecule has 0 radical (unpaired) electrons. The molecule has 0 saturated heterocycles. The van der Waals surface area contributed by atoms with Gasteiger partial charge in [0.1, 0.15) is 0 Å². The van der Waals surface area contributed by atoms with E-state index in [9.17, 15) is 4.79 Å².